The lowest BCUT2D eigenvalue weighted by Crippen LogP contribution is -2.41. The molecule has 2 amide bonds. The quantitative estimate of drug-likeness (QED) is 0.509. The molecule has 2 unspecified atom stereocenters. The van der Waals surface area contributed by atoms with Crippen molar-refractivity contribution in [1.29, 1.82) is 0 Å². The molecule has 2 aliphatic rings. The Bertz CT molecular complexity index is 497. The molecular formula is C18H22N2O2. The predicted octanol–water partition coefficient (Wildman–Crippen LogP) is 2.23. The minimum atomic E-state index is -0.0695. The number of carbonyl (C=O) groups is 2. The Balaban J connectivity index is 1.89. The van der Waals surface area contributed by atoms with Crippen molar-refractivity contribution in [2.45, 2.75) is 24.9 Å². The number of rotatable bonds is 8. The highest BCUT2D eigenvalue weighted by Gasteiger charge is 2.23. The molecule has 0 saturated heterocycles. The summed E-state index contributed by atoms with van der Waals surface area (Å²) in [5, 5.41) is 0. The van der Waals surface area contributed by atoms with Gasteiger partial charge in [-0.05, 0) is 25.0 Å². The molecule has 22 heavy (non-hydrogen) atoms. The summed E-state index contributed by atoms with van der Waals surface area (Å²) in [6.07, 6.45) is 16.4. The van der Waals surface area contributed by atoms with E-state index in [0.717, 1.165) is 12.8 Å². The van der Waals surface area contributed by atoms with E-state index in [2.05, 4.69) is 13.2 Å². The summed E-state index contributed by atoms with van der Waals surface area (Å²) in [4.78, 5) is 27.2. The lowest BCUT2D eigenvalue weighted by Gasteiger charge is -2.32. The standard InChI is InChI=1S/C18H22N2O2/c1-3-17(21)19(15-9-7-10-15)13-5-6-14-20(18(22)4-2)16-11-8-12-16/h3-9,11,15-16H,1-2,10,12-14H2/b6-5+. The average Bonchev–Trinajstić information content (AvgIpc) is 2.43. The second kappa shape index (κ2) is 7.59. The van der Waals surface area contributed by atoms with Crippen molar-refractivity contribution in [2.75, 3.05) is 13.1 Å². The van der Waals surface area contributed by atoms with Gasteiger partial charge in [-0.3, -0.25) is 9.59 Å². The molecule has 2 aliphatic carbocycles. The van der Waals surface area contributed by atoms with Crippen LogP contribution in [0.3, 0.4) is 0 Å². The summed E-state index contributed by atoms with van der Waals surface area (Å²) < 4.78 is 0. The van der Waals surface area contributed by atoms with E-state index in [4.69, 9.17) is 0 Å². The number of hydrogen-bond acceptors (Lipinski definition) is 2. The van der Waals surface area contributed by atoms with Gasteiger partial charge in [0.05, 0.1) is 12.1 Å². The van der Waals surface area contributed by atoms with Crippen LogP contribution in [0.15, 0.2) is 61.8 Å². The van der Waals surface area contributed by atoms with Gasteiger partial charge in [-0.1, -0.05) is 49.6 Å². The van der Waals surface area contributed by atoms with E-state index in [1.165, 1.54) is 12.2 Å². The Labute approximate surface area is 131 Å². The lowest BCUT2D eigenvalue weighted by atomic mass is 10.0. The highest BCUT2D eigenvalue weighted by atomic mass is 16.2. The van der Waals surface area contributed by atoms with Gasteiger partial charge in [0.2, 0.25) is 11.8 Å². The second-order valence-electron chi connectivity index (χ2n) is 5.32. The molecule has 0 spiro atoms. The summed E-state index contributed by atoms with van der Waals surface area (Å²) in [6, 6.07) is 0.325. The molecule has 2 rings (SSSR count). The van der Waals surface area contributed by atoms with Gasteiger partial charge in [-0.25, -0.2) is 0 Å². The zero-order valence-corrected chi connectivity index (χ0v) is 12.7. The Kier molecular flexibility index (Phi) is 5.53. The summed E-state index contributed by atoms with van der Waals surface area (Å²) in [5.41, 5.74) is 0. The smallest absolute Gasteiger partial charge is 0.246 e. The molecule has 0 aromatic heterocycles. The van der Waals surface area contributed by atoms with Crippen molar-refractivity contribution >= 4 is 11.8 Å². The molecule has 0 fully saturated rings. The molecule has 0 aromatic carbocycles. The van der Waals surface area contributed by atoms with Crippen LogP contribution in [0.25, 0.3) is 0 Å². The van der Waals surface area contributed by atoms with Crippen molar-refractivity contribution in [3.63, 3.8) is 0 Å². The molecule has 4 nitrogen and oxygen atoms in total. The number of nitrogens with zero attached hydrogens (tertiary/aromatic N) is 2. The van der Waals surface area contributed by atoms with Crippen molar-refractivity contribution < 1.29 is 9.59 Å². The minimum absolute atomic E-state index is 0.0695. The molecule has 2 atom stereocenters. The van der Waals surface area contributed by atoms with Crippen molar-refractivity contribution in [3.8, 4) is 0 Å². The van der Waals surface area contributed by atoms with Gasteiger partial charge in [0.15, 0.2) is 0 Å². The van der Waals surface area contributed by atoms with E-state index in [0.29, 0.717) is 13.1 Å². The molecule has 0 N–H and O–H groups in total. The van der Waals surface area contributed by atoms with E-state index < -0.39 is 0 Å². The fourth-order valence-corrected chi connectivity index (χ4v) is 2.37. The first-order valence-corrected chi connectivity index (χ1v) is 7.51. The van der Waals surface area contributed by atoms with Crippen LogP contribution in [0, 0.1) is 0 Å². The van der Waals surface area contributed by atoms with Gasteiger partial charge in [-0.15, -0.1) is 0 Å². The lowest BCUT2D eigenvalue weighted by molar-refractivity contribution is -0.128. The highest BCUT2D eigenvalue weighted by Crippen LogP contribution is 2.18. The first kappa shape index (κ1) is 16.0. The SMILES string of the molecule is C=CC(=O)N(C/C=C/CN(C(=O)C=C)C1C=CC1)C1C=CC1. The van der Waals surface area contributed by atoms with E-state index in [1.54, 1.807) is 9.80 Å². The first-order chi connectivity index (χ1) is 10.7. The maximum atomic E-state index is 11.8. The summed E-state index contributed by atoms with van der Waals surface area (Å²) >= 11 is 0. The molecule has 0 radical (unpaired) electrons. The Morgan fingerprint density at radius 1 is 0.909 bits per heavy atom. The van der Waals surface area contributed by atoms with E-state index in [1.807, 2.05) is 36.5 Å². The summed E-state index contributed by atoms with van der Waals surface area (Å²) in [7, 11) is 0. The van der Waals surface area contributed by atoms with Crippen molar-refractivity contribution in [3.05, 3.63) is 61.8 Å². The third kappa shape index (κ3) is 3.64. The minimum Gasteiger partial charge on any atom is -0.329 e. The van der Waals surface area contributed by atoms with E-state index >= 15 is 0 Å². The number of amides is 2. The zero-order chi connectivity index (χ0) is 15.9. The fourth-order valence-electron chi connectivity index (χ4n) is 2.37. The Morgan fingerprint density at radius 3 is 1.50 bits per heavy atom. The molecule has 4 heteroatoms. The third-order valence-corrected chi connectivity index (χ3v) is 3.96. The first-order valence-electron chi connectivity index (χ1n) is 7.51. The second-order valence-corrected chi connectivity index (χ2v) is 5.32. The zero-order valence-electron chi connectivity index (χ0n) is 12.7. The van der Waals surface area contributed by atoms with Gasteiger partial charge < -0.3 is 9.80 Å². The molecule has 0 heterocycles. The van der Waals surface area contributed by atoms with Gasteiger partial charge in [0.1, 0.15) is 0 Å². The van der Waals surface area contributed by atoms with Crippen molar-refractivity contribution in [1.82, 2.24) is 9.80 Å². The van der Waals surface area contributed by atoms with Crippen LogP contribution in [0.4, 0.5) is 0 Å². The number of hydrogen-bond donors (Lipinski definition) is 0. The van der Waals surface area contributed by atoms with E-state index in [-0.39, 0.29) is 23.9 Å². The normalized spacial score (nSPS) is 21.8. The Hall–Kier alpha value is -2.36. The maximum absolute atomic E-state index is 11.8. The van der Waals surface area contributed by atoms with Crippen LogP contribution in [0.1, 0.15) is 12.8 Å². The topological polar surface area (TPSA) is 40.6 Å². The molecule has 116 valence electrons. The molecule has 0 aliphatic heterocycles. The van der Waals surface area contributed by atoms with E-state index in [9.17, 15) is 9.59 Å². The Morgan fingerprint density at radius 2 is 1.27 bits per heavy atom. The van der Waals surface area contributed by atoms with Gasteiger partial charge in [0, 0.05) is 13.1 Å². The van der Waals surface area contributed by atoms with Crippen LogP contribution in [-0.4, -0.2) is 46.8 Å². The van der Waals surface area contributed by atoms with Crippen LogP contribution in [0.2, 0.25) is 0 Å². The maximum Gasteiger partial charge on any atom is 0.246 e. The fraction of sp³-hybridized carbons (Fsp3) is 0.333. The molecule has 0 saturated carbocycles. The van der Waals surface area contributed by atoms with Gasteiger partial charge >= 0.3 is 0 Å². The summed E-state index contributed by atoms with van der Waals surface area (Å²) in [6.45, 7) is 8.14. The highest BCUT2D eigenvalue weighted by molar-refractivity contribution is 5.88. The molecular weight excluding hydrogens is 276 g/mol. The average molecular weight is 298 g/mol. The van der Waals surface area contributed by atoms with Crippen LogP contribution in [0.5, 0.6) is 0 Å². The van der Waals surface area contributed by atoms with Gasteiger partial charge in [0.25, 0.3) is 0 Å². The summed E-state index contributed by atoms with van der Waals surface area (Å²) in [5.74, 6) is -0.139. The predicted molar refractivity (Wildman–Crippen MR) is 88.1 cm³/mol. The third-order valence-electron chi connectivity index (χ3n) is 3.96. The van der Waals surface area contributed by atoms with Gasteiger partial charge in [-0.2, -0.15) is 0 Å². The van der Waals surface area contributed by atoms with Crippen LogP contribution >= 0.6 is 0 Å². The monoisotopic (exact) mass is 298 g/mol. The molecule has 0 bridgehead atoms. The van der Waals surface area contributed by atoms with Crippen molar-refractivity contribution in [2.24, 2.45) is 0 Å². The van der Waals surface area contributed by atoms with Crippen LogP contribution in [-0.2, 0) is 9.59 Å². The molecule has 0 aromatic rings. The largest absolute Gasteiger partial charge is 0.329 e. The van der Waals surface area contributed by atoms with Crippen LogP contribution < -0.4 is 0 Å². The number of carbonyl (C=O) groups excluding carboxylic acids is 2.